The Bertz CT molecular complexity index is 897. The van der Waals surface area contributed by atoms with Crippen molar-refractivity contribution in [1.29, 1.82) is 0 Å². The molecule has 0 aromatic heterocycles. The maximum absolute atomic E-state index is 12.7. The van der Waals surface area contributed by atoms with Gasteiger partial charge in [-0.1, -0.05) is 41.4 Å². The van der Waals surface area contributed by atoms with Gasteiger partial charge in [-0.2, -0.15) is 0 Å². The summed E-state index contributed by atoms with van der Waals surface area (Å²) in [6.45, 7) is 1.05. The summed E-state index contributed by atoms with van der Waals surface area (Å²) in [5.41, 5.74) is 3.84. The zero-order valence-electron chi connectivity index (χ0n) is 14.4. The average Bonchev–Trinajstić information content (AvgIpc) is 2.98. The molecule has 0 bridgehead atoms. The Morgan fingerprint density at radius 3 is 2.48 bits per heavy atom. The number of benzene rings is 2. The summed E-state index contributed by atoms with van der Waals surface area (Å²) in [5, 5.41) is 5.48. The highest BCUT2D eigenvalue weighted by molar-refractivity contribution is 6.33. The summed E-state index contributed by atoms with van der Waals surface area (Å²) in [6, 6.07) is 13.8. The minimum absolute atomic E-state index is 0.0559. The van der Waals surface area contributed by atoms with Crippen LogP contribution in [0.3, 0.4) is 0 Å². The lowest BCUT2D eigenvalue weighted by atomic mass is 9.97. The van der Waals surface area contributed by atoms with Crippen molar-refractivity contribution in [2.24, 2.45) is 0 Å². The molecule has 2 aliphatic rings. The number of nitrogens with one attached hydrogen (secondary N) is 2. The van der Waals surface area contributed by atoms with Crippen LogP contribution >= 0.6 is 23.2 Å². The number of amides is 3. The van der Waals surface area contributed by atoms with Gasteiger partial charge in [0.15, 0.2) is 0 Å². The molecule has 2 saturated heterocycles. The van der Waals surface area contributed by atoms with E-state index < -0.39 is 5.66 Å². The first-order chi connectivity index (χ1) is 13.0. The number of carbonyl (C=O) groups excluding carboxylic acids is 2. The molecule has 8 heteroatoms. The Morgan fingerprint density at radius 2 is 1.78 bits per heavy atom. The molecule has 1 spiro atoms. The van der Waals surface area contributed by atoms with Crippen LogP contribution in [-0.2, 0) is 0 Å². The van der Waals surface area contributed by atoms with Gasteiger partial charge >= 0.3 is 6.03 Å². The van der Waals surface area contributed by atoms with Gasteiger partial charge in [-0.25, -0.2) is 15.2 Å². The second-order valence-corrected chi connectivity index (χ2v) is 7.56. The first-order valence-corrected chi connectivity index (χ1v) is 9.42. The molecule has 0 unspecified atom stereocenters. The number of nitrogens with zero attached hydrogens (tertiary/aromatic N) is 2. The molecule has 4 rings (SSSR count). The number of urea groups is 1. The second kappa shape index (κ2) is 7.03. The SMILES string of the molecule is O=C(c1cccc(Cl)c1)N1CCC2(CC1)NC(=O)N(c1ccccc1Cl)N2. The molecule has 0 aliphatic carbocycles. The molecule has 2 aromatic carbocycles. The molecule has 2 heterocycles. The number of carbonyl (C=O) groups is 2. The van der Waals surface area contributed by atoms with Crippen LogP contribution in [0.5, 0.6) is 0 Å². The van der Waals surface area contributed by atoms with Crippen LogP contribution in [0.4, 0.5) is 10.5 Å². The molecular weight excluding hydrogens is 387 g/mol. The second-order valence-electron chi connectivity index (χ2n) is 6.71. The smallest absolute Gasteiger partial charge is 0.338 e. The van der Waals surface area contributed by atoms with Crippen molar-refractivity contribution in [2.45, 2.75) is 18.5 Å². The molecule has 2 N–H and O–H groups in total. The first kappa shape index (κ1) is 18.1. The van der Waals surface area contributed by atoms with E-state index in [4.69, 9.17) is 23.2 Å². The van der Waals surface area contributed by atoms with Crippen molar-refractivity contribution < 1.29 is 9.59 Å². The number of likely N-dealkylation sites (tertiary alicyclic amines) is 1. The van der Waals surface area contributed by atoms with E-state index in [1.165, 1.54) is 5.01 Å². The van der Waals surface area contributed by atoms with E-state index in [-0.39, 0.29) is 11.9 Å². The summed E-state index contributed by atoms with van der Waals surface area (Å²) in [5.74, 6) is -0.0559. The van der Waals surface area contributed by atoms with E-state index in [9.17, 15) is 9.59 Å². The summed E-state index contributed by atoms with van der Waals surface area (Å²) < 4.78 is 0. The lowest BCUT2D eigenvalue weighted by Gasteiger charge is -2.38. The average molecular weight is 405 g/mol. The van der Waals surface area contributed by atoms with Crippen LogP contribution in [0.1, 0.15) is 23.2 Å². The fourth-order valence-corrected chi connectivity index (χ4v) is 3.90. The van der Waals surface area contributed by atoms with Crippen LogP contribution in [0.2, 0.25) is 10.0 Å². The molecule has 0 atom stereocenters. The van der Waals surface area contributed by atoms with Gasteiger partial charge in [-0.3, -0.25) is 4.79 Å². The van der Waals surface area contributed by atoms with E-state index >= 15 is 0 Å². The van der Waals surface area contributed by atoms with Gasteiger partial charge < -0.3 is 10.2 Å². The molecule has 3 amide bonds. The fraction of sp³-hybridized carbons (Fsp3) is 0.263. The third-order valence-corrected chi connectivity index (χ3v) is 5.50. The van der Waals surface area contributed by atoms with E-state index in [1.54, 1.807) is 41.3 Å². The molecule has 6 nitrogen and oxygen atoms in total. The summed E-state index contributed by atoms with van der Waals surface area (Å²) in [4.78, 5) is 26.9. The topological polar surface area (TPSA) is 64.7 Å². The quantitative estimate of drug-likeness (QED) is 0.802. The third-order valence-electron chi connectivity index (χ3n) is 4.94. The highest BCUT2D eigenvalue weighted by atomic mass is 35.5. The van der Waals surface area contributed by atoms with Crippen molar-refractivity contribution in [3.05, 3.63) is 64.1 Å². The number of hydrazine groups is 1. The van der Waals surface area contributed by atoms with Gasteiger partial charge in [0.05, 0.1) is 10.7 Å². The zero-order chi connectivity index (χ0) is 19.0. The standard InChI is InChI=1S/C19H18Cl2N4O2/c20-14-5-3-4-13(12-14)17(26)24-10-8-19(9-11-24)22-18(27)25(23-19)16-7-2-1-6-15(16)21/h1-7,12,23H,8-11H2,(H,22,27). The third kappa shape index (κ3) is 3.48. The maximum Gasteiger partial charge on any atom is 0.338 e. The van der Waals surface area contributed by atoms with Gasteiger partial charge in [0.2, 0.25) is 0 Å². The van der Waals surface area contributed by atoms with Crippen LogP contribution in [-0.4, -0.2) is 35.6 Å². The molecule has 2 aromatic rings. The number of rotatable bonds is 2. The van der Waals surface area contributed by atoms with Gasteiger partial charge in [-0.15, -0.1) is 0 Å². The van der Waals surface area contributed by atoms with Gasteiger partial charge in [-0.05, 0) is 30.3 Å². The number of hydrogen-bond acceptors (Lipinski definition) is 3. The predicted molar refractivity (Wildman–Crippen MR) is 105 cm³/mol. The number of hydrogen-bond donors (Lipinski definition) is 2. The molecule has 27 heavy (non-hydrogen) atoms. The van der Waals surface area contributed by atoms with Crippen LogP contribution in [0.25, 0.3) is 0 Å². The molecular formula is C19H18Cl2N4O2. The van der Waals surface area contributed by atoms with Crippen molar-refractivity contribution in [3.63, 3.8) is 0 Å². The highest BCUT2D eigenvalue weighted by Crippen LogP contribution is 2.31. The van der Waals surface area contributed by atoms with E-state index in [0.29, 0.717) is 47.2 Å². The van der Waals surface area contributed by atoms with Crippen molar-refractivity contribution in [2.75, 3.05) is 18.1 Å². The van der Waals surface area contributed by atoms with Gasteiger partial charge in [0.1, 0.15) is 5.66 Å². The monoisotopic (exact) mass is 404 g/mol. The van der Waals surface area contributed by atoms with Crippen LogP contribution in [0, 0.1) is 0 Å². The lowest BCUT2D eigenvalue weighted by Crippen LogP contribution is -2.58. The minimum atomic E-state index is -0.582. The van der Waals surface area contributed by atoms with Crippen LogP contribution < -0.4 is 15.8 Å². The molecule has 0 radical (unpaired) electrons. The summed E-state index contributed by atoms with van der Waals surface area (Å²) in [6.07, 6.45) is 1.18. The van der Waals surface area contributed by atoms with E-state index in [1.807, 2.05) is 12.1 Å². The van der Waals surface area contributed by atoms with E-state index in [2.05, 4.69) is 10.7 Å². The molecule has 140 valence electrons. The minimum Gasteiger partial charge on any atom is -0.338 e. The molecule has 0 saturated carbocycles. The Hall–Kier alpha value is -2.28. The van der Waals surface area contributed by atoms with Crippen LogP contribution in [0.15, 0.2) is 48.5 Å². The first-order valence-electron chi connectivity index (χ1n) is 8.67. The number of anilines is 1. The van der Waals surface area contributed by atoms with Gasteiger partial charge in [0.25, 0.3) is 5.91 Å². The highest BCUT2D eigenvalue weighted by Gasteiger charge is 2.45. The molecule has 2 fully saturated rings. The summed E-state index contributed by atoms with van der Waals surface area (Å²) in [7, 11) is 0. The van der Waals surface area contributed by atoms with Gasteiger partial charge in [0, 0.05) is 36.5 Å². The maximum atomic E-state index is 12.7. The fourth-order valence-electron chi connectivity index (χ4n) is 3.49. The normalized spacial score (nSPS) is 18.7. The van der Waals surface area contributed by atoms with Crippen molar-refractivity contribution in [1.82, 2.24) is 15.6 Å². The lowest BCUT2D eigenvalue weighted by molar-refractivity contribution is 0.0641. The van der Waals surface area contributed by atoms with Crippen molar-refractivity contribution in [3.8, 4) is 0 Å². The number of piperidine rings is 1. The Kier molecular flexibility index (Phi) is 4.72. The Balaban J connectivity index is 1.45. The Labute approximate surface area is 167 Å². The summed E-state index contributed by atoms with van der Waals surface area (Å²) >= 11 is 12.2. The molecule has 2 aliphatic heterocycles. The van der Waals surface area contributed by atoms with E-state index in [0.717, 1.165) is 0 Å². The van der Waals surface area contributed by atoms with Crippen molar-refractivity contribution >= 4 is 40.8 Å². The Morgan fingerprint density at radius 1 is 1.04 bits per heavy atom. The number of para-hydroxylation sites is 1. The number of halogens is 2. The largest absolute Gasteiger partial charge is 0.338 e. The zero-order valence-corrected chi connectivity index (χ0v) is 15.9. The predicted octanol–water partition coefficient (Wildman–Crippen LogP) is 3.66.